The van der Waals surface area contributed by atoms with Gasteiger partial charge in [-0.1, -0.05) is 42.8 Å². The molecule has 1 heterocycles. The lowest BCUT2D eigenvalue weighted by Crippen LogP contribution is -2.31. The molecule has 1 amide bonds. The van der Waals surface area contributed by atoms with Crippen LogP contribution in [-0.4, -0.2) is 23.4 Å². The van der Waals surface area contributed by atoms with Crippen molar-refractivity contribution in [2.24, 2.45) is 0 Å². The molecule has 2 aromatic rings. The molecule has 1 unspecified atom stereocenters. The molecule has 1 aliphatic rings. The van der Waals surface area contributed by atoms with Crippen LogP contribution < -0.4 is 9.64 Å². The van der Waals surface area contributed by atoms with Crippen LogP contribution >= 0.6 is 0 Å². The Kier molecular flexibility index (Phi) is 5.31. The third-order valence-corrected chi connectivity index (χ3v) is 4.59. The van der Waals surface area contributed by atoms with Crippen molar-refractivity contribution in [3.63, 3.8) is 0 Å². The zero-order chi connectivity index (χ0) is 19.6. The zero-order valence-corrected chi connectivity index (χ0v) is 15.7. The Balaban J connectivity index is 2.16. The van der Waals surface area contributed by atoms with Crippen LogP contribution in [0.3, 0.4) is 0 Å². The molecule has 0 spiro atoms. The van der Waals surface area contributed by atoms with Crippen LogP contribution in [0.25, 0.3) is 0 Å². The van der Waals surface area contributed by atoms with E-state index in [2.05, 4.69) is 0 Å². The molecule has 140 valence electrons. The van der Waals surface area contributed by atoms with Gasteiger partial charge < -0.3 is 9.84 Å². The topological polar surface area (TPSA) is 66.8 Å². The predicted octanol–water partition coefficient (Wildman–Crippen LogP) is 4.27. The van der Waals surface area contributed by atoms with Gasteiger partial charge in [-0.05, 0) is 31.5 Å². The van der Waals surface area contributed by atoms with Crippen molar-refractivity contribution in [2.75, 3.05) is 11.5 Å². The molecule has 1 atom stereocenters. The first-order valence-corrected chi connectivity index (χ1v) is 9.07. The summed E-state index contributed by atoms with van der Waals surface area (Å²) in [7, 11) is 0. The van der Waals surface area contributed by atoms with Gasteiger partial charge in [0.1, 0.15) is 5.75 Å². The van der Waals surface area contributed by atoms with Gasteiger partial charge in [-0.3, -0.25) is 14.5 Å². The smallest absolute Gasteiger partial charge is 0.294 e. The summed E-state index contributed by atoms with van der Waals surface area (Å²) in [5.41, 5.74) is 2.52. The Hall–Kier alpha value is -3.08. The molecule has 5 heteroatoms. The van der Waals surface area contributed by atoms with Gasteiger partial charge in [0.25, 0.3) is 5.91 Å². The van der Waals surface area contributed by atoms with E-state index in [0.717, 1.165) is 11.1 Å². The highest BCUT2D eigenvalue weighted by atomic mass is 16.5. The second-order valence-electron chi connectivity index (χ2n) is 6.46. The van der Waals surface area contributed by atoms with E-state index in [9.17, 15) is 14.7 Å². The summed E-state index contributed by atoms with van der Waals surface area (Å²) in [6, 6.07) is 14.1. The summed E-state index contributed by atoms with van der Waals surface area (Å²) in [6.45, 7) is 6.06. The van der Waals surface area contributed by atoms with Crippen LogP contribution in [0.4, 0.5) is 5.69 Å². The standard InChI is InChI=1S/C22H23NO4/c1-4-18(24)19-20(15-9-6-8-14(3)12-15)23(22(26)21(19)25)16-10-7-11-17(13-16)27-5-2/h6-13,20,25H,4-5H2,1-3H3. The van der Waals surface area contributed by atoms with E-state index in [1.807, 2.05) is 38.1 Å². The lowest BCUT2D eigenvalue weighted by atomic mass is 9.94. The molecule has 1 N–H and O–H groups in total. The van der Waals surface area contributed by atoms with Crippen LogP contribution in [0.15, 0.2) is 59.9 Å². The van der Waals surface area contributed by atoms with E-state index >= 15 is 0 Å². The van der Waals surface area contributed by atoms with Crippen LogP contribution in [0, 0.1) is 6.92 Å². The van der Waals surface area contributed by atoms with Crippen LogP contribution in [0.2, 0.25) is 0 Å². The number of rotatable bonds is 6. The quantitative estimate of drug-likeness (QED) is 0.830. The van der Waals surface area contributed by atoms with Crippen LogP contribution in [0.1, 0.15) is 37.4 Å². The summed E-state index contributed by atoms with van der Waals surface area (Å²) >= 11 is 0. The summed E-state index contributed by atoms with van der Waals surface area (Å²) in [4.78, 5) is 26.9. The van der Waals surface area contributed by atoms with Crippen molar-refractivity contribution >= 4 is 17.4 Å². The number of aliphatic hydroxyl groups is 1. The van der Waals surface area contributed by atoms with E-state index in [1.54, 1.807) is 31.2 Å². The average molecular weight is 365 g/mol. The second-order valence-corrected chi connectivity index (χ2v) is 6.46. The molecule has 0 radical (unpaired) electrons. The first-order chi connectivity index (χ1) is 13.0. The Bertz CT molecular complexity index is 916. The third-order valence-electron chi connectivity index (χ3n) is 4.59. The van der Waals surface area contributed by atoms with Gasteiger partial charge in [-0.2, -0.15) is 0 Å². The predicted molar refractivity (Wildman–Crippen MR) is 104 cm³/mol. The highest BCUT2D eigenvalue weighted by Crippen LogP contribution is 2.42. The van der Waals surface area contributed by atoms with Gasteiger partial charge in [0.2, 0.25) is 0 Å². The number of Topliss-reactive ketones (excluding diaryl/α,β-unsaturated/α-hetero) is 1. The summed E-state index contributed by atoms with van der Waals surface area (Å²) in [5, 5.41) is 10.5. The van der Waals surface area contributed by atoms with E-state index in [4.69, 9.17) is 4.74 Å². The number of nitrogens with zero attached hydrogens (tertiary/aromatic N) is 1. The minimum atomic E-state index is -0.665. The van der Waals surface area contributed by atoms with Gasteiger partial charge in [0.15, 0.2) is 11.5 Å². The summed E-state index contributed by atoms with van der Waals surface area (Å²) in [5.74, 6) is -0.668. The minimum Gasteiger partial charge on any atom is -0.503 e. The second kappa shape index (κ2) is 7.66. The van der Waals surface area contributed by atoms with Gasteiger partial charge in [0.05, 0.1) is 18.2 Å². The highest BCUT2D eigenvalue weighted by molar-refractivity contribution is 6.16. The number of anilines is 1. The zero-order valence-electron chi connectivity index (χ0n) is 15.7. The largest absolute Gasteiger partial charge is 0.503 e. The van der Waals surface area contributed by atoms with E-state index in [1.165, 1.54) is 4.90 Å². The fourth-order valence-corrected chi connectivity index (χ4v) is 3.39. The van der Waals surface area contributed by atoms with Crippen molar-refractivity contribution in [2.45, 2.75) is 33.2 Å². The Morgan fingerprint density at radius 2 is 1.89 bits per heavy atom. The lowest BCUT2D eigenvalue weighted by Gasteiger charge is -2.27. The van der Waals surface area contributed by atoms with Gasteiger partial charge in [-0.15, -0.1) is 0 Å². The molecule has 0 bridgehead atoms. The fraction of sp³-hybridized carbons (Fsp3) is 0.273. The molecule has 27 heavy (non-hydrogen) atoms. The van der Waals surface area contributed by atoms with E-state index < -0.39 is 17.7 Å². The highest BCUT2D eigenvalue weighted by Gasteiger charge is 2.43. The summed E-state index contributed by atoms with van der Waals surface area (Å²) < 4.78 is 5.54. The maximum absolute atomic E-state index is 12.9. The van der Waals surface area contributed by atoms with Gasteiger partial charge in [0, 0.05) is 18.2 Å². The van der Waals surface area contributed by atoms with Gasteiger partial charge in [-0.25, -0.2) is 0 Å². The van der Waals surface area contributed by atoms with E-state index in [-0.39, 0.29) is 17.8 Å². The average Bonchev–Trinajstić information content (AvgIpc) is 2.93. The molecular formula is C22H23NO4. The van der Waals surface area contributed by atoms with Crippen LogP contribution in [0.5, 0.6) is 5.75 Å². The van der Waals surface area contributed by atoms with E-state index in [0.29, 0.717) is 18.0 Å². The number of ether oxygens (including phenoxy) is 1. The minimum absolute atomic E-state index is 0.148. The number of aliphatic hydroxyl groups excluding tert-OH is 1. The fourth-order valence-electron chi connectivity index (χ4n) is 3.39. The van der Waals surface area contributed by atoms with Crippen LogP contribution in [-0.2, 0) is 9.59 Å². The van der Waals surface area contributed by atoms with Crippen molar-refractivity contribution in [1.29, 1.82) is 0 Å². The molecule has 0 saturated heterocycles. The number of amides is 1. The normalized spacial score (nSPS) is 16.8. The maximum atomic E-state index is 12.9. The van der Waals surface area contributed by atoms with Crippen molar-refractivity contribution in [3.8, 4) is 5.75 Å². The molecule has 2 aromatic carbocycles. The lowest BCUT2D eigenvalue weighted by molar-refractivity contribution is -0.118. The third kappa shape index (κ3) is 3.45. The SMILES string of the molecule is CCOc1cccc(N2C(=O)C(O)=C(C(=O)CC)C2c2cccc(C)c2)c1. The Morgan fingerprint density at radius 1 is 1.15 bits per heavy atom. The molecule has 5 nitrogen and oxygen atoms in total. The monoisotopic (exact) mass is 365 g/mol. The number of benzene rings is 2. The molecular weight excluding hydrogens is 342 g/mol. The number of carbonyl (C=O) groups is 2. The number of hydrogen-bond donors (Lipinski definition) is 1. The Morgan fingerprint density at radius 3 is 2.56 bits per heavy atom. The number of hydrogen-bond acceptors (Lipinski definition) is 4. The molecule has 0 aliphatic carbocycles. The Labute approximate surface area is 158 Å². The molecule has 0 saturated carbocycles. The maximum Gasteiger partial charge on any atom is 0.294 e. The number of aryl methyl sites for hydroxylation is 1. The van der Waals surface area contributed by atoms with Crippen molar-refractivity contribution in [3.05, 3.63) is 71.0 Å². The molecule has 0 aromatic heterocycles. The first-order valence-electron chi connectivity index (χ1n) is 9.07. The molecule has 0 fully saturated rings. The summed E-state index contributed by atoms with van der Waals surface area (Å²) in [6.07, 6.45) is 0.210. The number of carbonyl (C=O) groups excluding carboxylic acids is 2. The van der Waals surface area contributed by atoms with Gasteiger partial charge >= 0.3 is 0 Å². The molecule has 1 aliphatic heterocycles. The first kappa shape index (κ1) is 18.7. The number of ketones is 1. The van der Waals surface area contributed by atoms with Crippen molar-refractivity contribution in [1.82, 2.24) is 0 Å². The van der Waals surface area contributed by atoms with Crippen molar-refractivity contribution < 1.29 is 19.4 Å². The molecule has 3 rings (SSSR count).